The number of aromatic nitrogens is 2. The van der Waals surface area contributed by atoms with Gasteiger partial charge in [0, 0.05) is 11.6 Å². The van der Waals surface area contributed by atoms with Crippen molar-refractivity contribution in [3.8, 4) is 17.0 Å². The Morgan fingerprint density at radius 1 is 1.39 bits per heavy atom. The zero-order valence-electron chi connectivity index (χ0n) is 9.54. The highest BCUT2D eigenvalue weighted by atomic mass is 35.5. The molecule has 4 nitrogen and oxygen atoms in total. The topological polar surface area (TPSA) is 55.0 Å². The maximum atomic E-state index is 10.9. The van der Waals surface area contributed by atoms with Gasteiger partial charge in [0.15, 0.2) is 6.29 Å². The Balaban J connectivity index is 2.52. The SMILES string of the molecule is CCOc1cc(Cl)c(-c2[nH]ncc2C=O)cc1Cl. The first-order valence-corrected chi connectivity index (χ1v) is 6.03. The molecule has 0 saturated carbocycles. The molecule has 6 heteroatoms. The average molecular weight is 285 g/mol. The van der Waals surface area contributed by atoms with Crippen LogP contribution in [0.25, 0.3) is 11.3 Å². The van der Waals surface area contributed by atoms with Gasteiger partial charge in [0.05, 0.1) is 34.1 Å². The number of benzene rings is 1. The van der Waals surface area contributed by atoms with Gasteiger partial charge in [-0.15, -0.1) is 0 Å². The molecule has 1 heterocycles. The molecule has 2 rings (SSSR count). The lowest BCUT2D eigenvalue weighted by Crippen LogP contribution is -1.94. The molecule has 0 atom stereocenters. The number of hydrogen-bond acceptors (Lipinski definition) is 3. The van der Waals surface area contributed by atoms with Crippen LogP contribution in [0.15, 0.2) is 18.3 Å². The van der Waals surface area contributed by atoms with E-state index in [0.29, 0.717) is 45.5 Å². The molecule has 0 bridgehead atoms. The maximum absolute atomic E-state index is 10.9. The fourth-order valence-electron chi connectivity index (χ4n) is 1.59. The lowest BCUT2D eigenvalue weighted by Gasteiger charge is -2.09. The molecule has 0 fully saturated rings. The summed E-state index contributed by atoms with van der Waals surface area (Å²) in [5, 5.41) is 7.41. The van der Waals surface area contributed by atoms with Crippen molar-refractivity contribution >= 4 is 29.5 Å². The van der Waals surface area contributed by atoms with Crippen molar-refractivity contribution in [2.24, 2.45) is 0 Å². The zero-order chi connectivity index (χ0) is 13.1. The molecule has 1 N–H and O–H groups in total. The van der Waals surface area contributed by atoms with Crippen LogP contribution in [0, 0.1) is 0 Å². The van der Waals surface area contributed by atoms with Gasteiger partial charge in [-0.1, -0.05) is 23.2 Å². The molecule has 0 aliphatic rings. The standard InChI is InChI=1S/C12H10Cl2N2O2/c1-2-18-11-4-9(13)8(3-10(11)14)12-7(6-17)5-15-16-12/h3-6H,2H2,1H3,(H,15,16). The van der Waals surface area contributed by atoms with E-state index in [0.717, 1.165) is 0 Å². The Morgan fingerprint density at radius 2 is 2.17 bits per heavy atom. The average Bonchev–Trinajstić information content (AvgIpc) is 2.81. The third-order valence-corrected chi connectivity index (χ3v) is 2.99. The molecule has 0 aliphatic heterocycles. The van der Waals surface area contributed by atoms with Crippen LogP contribution in [0.4, 0.5) is 0 Å². The van der Waals surface area contributed by atoms with Crippen LogP contribution in [0.2, 0.25) is 10.0 Å². The van der Waals surface area contributed by atoms with Crippen molar-refractivity contribution in [3.63, 3.8) is 0 Å². The van der Waals surface area contributed by atoms with Gasteiger partial charge >= 0.3 is 0 Å². The molecule has 0 amide bonds. The predicted octanol–water partition coefficient (Wildman–Crippen LogP) is 3.59. The maximum Gasteiger partial charge on any atom is 0.153 e. The second kappa shape index (κ2) is 5.42. The number of H-pyrrole nitrogens is 1. The minimum absolute atomic E-state index is 0.428. The third-order valence-electron chi connectivity index (χ3n) is 2.39. The summed E-state index contributed by atoms with van der Waals surface area (Å²) in [5.41, 5.74) is 1.58. The number of halogens is 2. The monoisotopic (exact) mass is 284 g/mol. The van der Waals surface area contributed by atoms with Gasteiger partial charge in [0.1, 0.15) is 5.75 Å². The van der Waals surface area contributed by atoms with Crippen LogP contribution in [-0.2, 0) is 0 Å². The summed E-state index contributed by atoms with van der Waals surface area (Å²) >= 11 is 12.2. The normalized spacial score (nSPS) is 10.4. The summed E-state index contributed by atoms with van der Waals surface area (Å²) in [7, 11) is 0. The molecular formula is C12H10Cl2N2O2. The molecule has 0 unspecified atom stereocenters. The molecule has 0 spiro atoms. The van der Waals surface area contributed by atoms with E-state index in [1.807, 2.05) is 6.92 Å². The van der Waals surface area contributed by atoms with Gasteiger partial charge in [-0.05, 0) is 13.0 Å². The second-order valence-electron chi connectivity index (χ2n) is 3.51. The van der Waals surface area contributed by atoms with Gasteiger partial charge in [0.2, 0.25) is 0 Å². The lowest BCUT2D eigenvalue weighted by molar-refractivity contribution is 0.112. The van der Waals surface area contributed by atoms with E-state index in [4.69, 9.17) is 27.9 Å². The lowest BCUT2D eigenvalue weighted by atomic mass is 10.1. The second-order valence-corrected chi connectivity index (χ2v) is 4.33. The minimum atomic E-state index is 0.428. The van der Waals surface area contributed by atoms with E-state index in [-0.39, 0.29) is 0 Å². The summed E-state index contributed by atoms with van der Waals surface area (Å²) in [5.74, 6) is 0.514. The van der Waals surface area contributed by atoms with Crippen molar-refractivity contribution in [1.82, 2.24) is 10.2 Å². The van der Waals surface area contributed by atoms with E-state index in [1.165, 1.54) is 6.20 Å². The number of carbonyl (C=O) groups excluding carboxylic acids is 1. The smallest absolute Gasteiger partial charge is 0.153 e. The highest BCUT2D eigenvalue weighted by Gasteiger charge is 2.14. The molecular weight excluding hydrogens is 275 g/mol. The quantitative estimate of drug-likeness (QED) is 0.873. The van der Waals surface area contributed by atoms with Crippen LogP contribution >= 0.6 is 23.2 Å². The summed E-state index contributed by atoms with van der Waals surface area (Å²) in [6.07, 6.45) is 2.14. The molecule has 94 valence electrons. The fraction of sp³-hybridized carbons (Fsp3) is 0.167. The molecule has 1 aromatic carbocycles. The molecule has 1 aromatic heterocycles. The number of nitrogens with zero attached hydrogens (tertiary/aromatic N) is 1. The zero-order valence-corrected chi connectivity index (χ0v) is 11.0. The largest absolute Gasteiger partial charge is 0.492 e. The number of nitrogens with one attached hydrogen (secondary N) is 1. The van der Waals surface area contributed by atoms with Crippen LogP contribution in [-0.4, -0.2) is 23.1 Å². The van der Waals surface area contributed by atoms with Crippen molar-refractivity contribution in [1.29, 1.82) is 0 Å². The van der Waals surface area contributed by atoms with Crippen LogP contribution < -0.4 is 4.74 Å². The number of aromatic amines is 1. The molecule has 18 heavy (non-hydrogen) atoms. The van der Waals surface area contributed by atoms with Gasteiger partial charge in [0.25, 0.3) is 0 Å². The number of ether oxygens (including phenoxy) is 1. The first-order valence-electron chi connectivity index (χ1n) is 5.28. The molecule has 2 aromatic rings. The summed E-state index contributed by atoms with van der Waals surface area (Å²) in [4.78, 5) is 10.9. The van der Waals surface area contributed by atoms with E-state index in [9.17, 15) is 4.79 Å². The van der Waals surface area contributed by atoms with Crippen molar-refractivity contribution in [2.45, 2.75) is 6.92 Å². The number of carbonyl (C=O) groups is 1. The number of rotatable bonds is 4. The van der Waals surface area contributed by atoms with Crippen molar-refractivity contribution in [2.75, 3.05) is 6.61 Å². The summed E-state index contributed by atoms with van der Waals surface area (Å²) in [6, 6.07) is 3.27. The van der Waals surface area contributed by atoms with Gasteiger partial charge in [-0.2, -0.15) is 5.10 Å². The first-order chi connectivity index (χ1) is 8.67. The Labute approximate surface area is 114 Å². The van der Waals surface area contributed by atoms with Crippen LogP contribution in [0.3, 0.4) is 0 Å². The van der Waals surface area contributed by atoms with Gasteiger partial charge < -0.3 is 4.74 Å². The highest BCUT2D eigenvalue weighted by Crippen LogP contribution is 2.36. The Morgan fingerprint density at radius 3 is 2.83 bits per heavy atom. The Kier molecular flexibility index (Phi) is 3.89. The van der Waals surface area contributed by atoms with Gasteiger partial charge in [-0.3, -0.25) is 9.89 Å². The van der Waals surface area contributed by atoms with E-state index < -0.39 is 0 Å². The van der Waals surface area contributed by atoms with Crippen LogP contribution in [0.1, 0.15) is 17.3 Å². The van der Waals surface area contributed by atoms with E-state index in [1.54, 1.807) is 12.1 Å². The number of hydrogen-bond donors (Lipinski definition) is 1. The molecule has 0 radical (unpaired) electrons. The fourth-order valence-corrected chi connectivity index (χ4v) is 2.05. The van der Waals surface area contributed by atoms with E-state index in [2.05, 4.69) is 10.2 Å². The predicted molar refractivity (Wildman–Crippen MR) is 70.6 cm³/mol. The first kappa shape index (κ1) is 12.9. The Hall–Kier alpha value is -1.52. The highest BCUT2D eigenvalue weighted by molar-refractivity contribution is 6.36. The summed E-state index contributed by atoms with van der Waals surface area (Å²) in [6.45, 7) is 2.36. The molecule has 0 saturated heterocycles. The van der Waals surface area contributed by atoms with Crippen LogP contribution in [0.5, 0.6) is 5.75 Å². The van der Waals surface area contributed by atoms with Gasteiger partial charge in [-0.25, -0.2) is 0 Å². The van der Waals surface area contributed by atoms with Crippen molar-refractivity contribution < 1.29 is 9.53 Å². The molecule has 0 aliphatic carbocycles. The van der Waals surface area contributed by atoms with E-state index >= 15 is 0 Å². The minimum Gasteiger partial charge on any atom is -0.492 e. The van der Waals surface area contributed by atoms with Crippen molar-refractivity contribution in [3.05, 3.63) is 33.9 Å². The third kappa shape index (κ3) is 2.35. The Bertz CT molecular complexity index is 581. The summed E-state index contributed by atoms with van der Waals surface area (Å²) < 4.78 is 5.33. The number of aldehydes is 1.